The van der Waals surface area contributed by atoms with E-state index in [1.165, 1.54) is 44.2 Å². The number of hydrogen-bond donors (Lipinski definition) is 2. The summed E-state index contributed by atoms with van der Waals surface area (Å²) in [7, 11) is 0. The first kappa shape index (κ1) is 21.5. The Morgan fingerprint density at radius 1 is 0.964 bits per heavy atom. The highest BCUT2D eigenvalue weighted by atomic mass is 32.2. The van der Waals surface area contributed by atoms with Crippen LogP contribution in [0, 0.1) is 0 Å². The van der Waals surface area contributed by atoms with Gasteiger partial charge in [-0.1, -0.05) is 6.07 Å². The van der Waals surface area contributed by atoms with Gasteiger partial charge >= 0.3 is 6.18 Å². The van der Waals surface area contributed by atoms with Gasteiger partial charge in [0.2, 0.25) is 11.8 Å². The Balaban J connectivity index is 2.19. The normalized spacial score (nSPS) is 11.0. The topological polar surface area (TPSA) is 75.3 Å². The summed E-state index contributed by atoms with van der Waals surface area (Å²) in [5.41, 5.74) is 0.0269. The van der Waals surface area contributed by atoms with Crippen molar-refractivity contribution in [3.8, 4) is 0 Å². The molecule has 0 saturated carbocycles. The molecule has 0 aromatic heterocycles. The first-order chi connectivity index (χ1) is 13.1. The number of thioether (sulfide) groups is 1. The number of ketones is 1. The molecular weight excluding hydrogens is 393 g/mol. The van der Waals surface area contributed by atoms with Gasteiger partial charge in [0.1, 0.15) is 0 Å². The second-order valence-corrected chi connectivity index (χ2v) is 6.91. The molecule has 2 aromatic carbocycles. The summed E-state index contributed by atoms with van der Waals surface area (Å²) >= 11 is 0.964. The van der Waals surface area contributed by atoms with E-state index in [0.717, 1.165) is 23.9 Å². The predicted molar refractivity (Wildman–Crippen MR) is 102 cm³/mol. The minimum absolute atomic E-state index is 0.118. The van der Waals surface area contributed by atoms with Gasteiger partial charge in [0, 0.05) is 30.0 Å². The second-order valence-electron chi connectivity index (χ2n) is 5.86. The molecule has 0 aliphatic heterocycles. The zero-order valence-corrected chi connectivity index (χ0v) is 15.8. The fraction of sp³-hybridized carbons (Fsp3) is 0.211. The van der Waals surface area contributed by atoms with Gasteiger partial charge < -0.3 is 10.6 Å². The summed E-state index contributed by atoms with van der Waals surface area (Å²) in [6.45, 7) is 2.60. The van der Waals surface area contributed by atoms with E-state index in [-0.39, 0.29) is 28.7 Å². The van der Waals surface area contributed by atoms with E-state index in [1.54, 1.807) is 0 Å². The minimum atomic E-state index is -4.46. The summed E-state index contributed by atoms with van der Waals surface area (Å²) in [5, 5.41) is 5.08. The summed E-state index contributed by atoms with van der Waals surface area (Å²) in [5.74, 6) is -1.21. The van der Waals surface area contributed by atoms with E-state index in [0.29, 0.717) is 10.6 Å². The molecule has 0 aliphatic rings. The molecular formula is C19H17F3N2O3S. The van der Waals surface area contributed by atoms with Gasteiger partial charge in [-0.3, -0.25) is 14.4 Å². The van der Waals surface area contributed by atoms with Crippen LogP contribution in [0.15, 0.2) is 47.4 Å². The molecule has 0 saturated heterocycles. The molecule has 2 aromatic rings. The van der Waals surface area contributed by atoms with Gasteiger partial charge in [-0.25, -0.2) is 0 Å². The Bertz CT molecular complexity index is 914. The quantitative estimate of drug-likeness (QED) is 0.539. The van der Waals surface area contributed by atoms with Crippen molar-refractivity contribution in [3.05, 3.63) is 53.6 Å². The largest absolute Gasteiger partial charge is 0.416 e. The van der Waals surface area contributed by atoms with E-state index in [2.05, 4.69) is 10.6 Å². The number of carbonyl (C=O) groups is 3. The number of rotatable bonds is 6. The van der Waals surface area contributed by atoms with Crippen LogP contribution in [0.5, 0.6) is 0 Å². The molecule has 9 heteroatoms. The van der Waals surface area contributed by atoms with Gasteiger partial charge in [-0.15, -0.1) is 11.8 Å². The highest BCUT2D eigenvalue weighted by Gasteiger charge is 2.30. The molecule has 2 rings (SSSR count). The monoisotopic (exact) mass is 410 g/mol. The summed E-state index contributed by atoms with van der Waals surface area (Å²) in [6, 6.07) is 9.11. The van der Waals surface area contributed by atoms with Crippen LogP contribution in [-0.4, -0.2) is 23.4 Å². The Labute approximate surface area is 163 Å². The van der Waals surface area contributed by atoms with Crippen molar-refractivity contribution >= 4 is 40.7 Å². The molecule has 5 nitrogen and oxygen atoms in total. The van der Waals surface area contributed by atoms with Crippen LogP contribution in [0.2, 0.25) is 0 Å². The van der Waals surface area contributed by atoms with Crippen LogP contribution in [0.3, 0.4) is 0 Å². The Hall–Kier alpha value is -2.81. The van der Waals surface area contributed by atoms with E-state index in [9.17, 15) is 27.6 Å². The molecule has 0 aliphatic carbocycles. The molecule has 0 unspecified atom stereocenters. The van der Waals surface area contributed by atoms with Crippen LogP contribution in [-0.2, 0) is 15.8 Å². The maximum Gasteiger partial charge on any atom is 0.416 e. The van der Waals surface area contributed by atoms with Crippen molar-refractivity contribution in [2.75, 3.05) is 16.4 Å². The predicted octanol–water partition coefficient (Wildman–Crippen LogP) is 4.60. The van der Waals surface area contributed by atoms with E-state index >= 15 is 0 Å². The van der Waals surface area contributed by atoms with Crippen LogP contribution in [0.25, 0.3) is 0 Å². The van der Waals surface area contributed by atoms with Crippen LogP contribution in [0.4, 0.5) is 24.5 Å². The third kappa shape index (κ3) is 6.12. The van der Waals surface area contributed by atoms with Crippen LogP contribution in [0.1, 0.15) is 29.8 Å². The maximum absolute atomic E-state index is 12.8. The average molecular weight is 410 g/mol. The fourth-order valence-corrected chi connectivity index (χ4v) is 3.19. The van der Waals surface area contributed by atoms with E-state index < -0.39 is 17.6 Å². The van der Waals surface area contributed by atoms with Crippen molar-refractivity contribution in [1.82, 2.24) is 0 Å². The number of anilines is 2. The molecule has 0 radical (unpaired) electrons. The highest BCUT2D eigenvalue weighted by molar-refractivity contribution is 8.00. The maximum atomic E-state index is 12.8. The molecule has 0 bridgehead atoms. The average Bonchev–Trinajstić information content (AvgIpc) is 2.58. The SMILES string of the molecule is CC(=O)Nc1ccc(C(=O)CSc2cccc(C(F)(F)F)c2)c(NC(C)=O)c1. The second kappa shape index (κ2) is 8.92. The van der Waals surface area contributed by atoms with E-state index in [4.69, 9.17) is 0 Å². The van der Waals surface area contributed by atoms with Crippen molar-refractivity contribution in [3.63, 3.8) is 0 Å². The zero-order valence-electron chi connectivity index (χ0n) is 15.0. The number of carbonyl (C=O) groups excluding carboxylic acids is 3. The van der Waals surface area contributed by atoms with Crippen molar-refractivity contribution in [2.24, 2.45) is 0 Å². The number of nitrogens with one attached hydrogen (secondary N) is 2. The molecule has 0 heterocycles. The zero-order chi connectivity index (χ0) is 20.9. The lowest BCUT2D eigenvalue weighted by Crippen LogP contribution is -2.14. The minimum Gasteiger partial charge on any atom is -0.326 e. The standard InChI is InChI=1S/C19H17F3N2O3S/c1-11(25)23-14-6-7-16(17(9-14)24-12(2)26)18(27)10-28-15-5-3-4-13(8-15)19(20,21)22/h3-9H,10H2,1-2H3,(H,23,25)(H,24,26). The first-order valence-electron chi connectivity index (χ1n) is 8.09. The van der Waals surface area contributed by atoms with Crippen molar-refractivity contribution in [1.29, 1.82) is 0 Å². The van der Waals surface area contributed by atoms with E-state index in [1.807, 2.05) is 0 Å². The molecule has 2 N–H and O–H groups in total. The smallest absolute Gasteiger partial charge is 0.326 e. The number of benzene rings is 2. The van der Waals surface area contributed by atoms with Gasteiger partial charge in [-0.2, -0.15) is 13.2 Å². The van der Waals surface area contributed by atoms with Gasteiger partial charge in [0.25, 0.3) is 0 Å². The molecule has 0 spiro atoms. The van der Waals surface area contributed by atoms with Gasteiger partial charge in [0.05, 0.1) is 17.0 Å². The fourth-order valence-electron chi connectivity index (χ4n) is 2.35. The van der Waals surface area contributed by atoms with Gasteiger partial charge in [-0.05, 0) is 36.4 Å². The summed E-state index contributed by atoms with van der Waals surface area (Å²) < 4.78 is 38.4. The van der Waals surface area contributed by atoms with Gasteiger partial charge in [0.15, 0.2) is 5.78 Å². The third-order valence-electron chi connectivity index (χ3n) is 3.48. The van der Waals surface area contributed by atoms with Crippen LogP contribution < -0.4 is 10.6 Å². The number of amides is 2. The number of halogens is 3. The molecule has 28 heavy (non-hydrogen) atoms. The third-order valence-corrected chi connectivity index (χ3v) is 4.48. The van der Waals surface area contributed by atoms with Crippen molar-refractivity contribution in [2.45, 2.75) is 24.9 Å². The molecule has 0 fully saturated rings. The summed E-state index contributed by atoms with van der Waals surface area (Å²) in [6.07, 6.45) is -4.46. The first-order valence-corrected chi connectivity index (χ1v) is 9.07. The molecule has 2 amide bonds. The Kier molecular flexibility index (Phi) is 6.85. The highest BCUT2D eigenvalue weighted by Crippen LogP contribution is 2.32. The number of hydrogen-bond acceptors (Lipinski definition) is 4. The lowest BCUT2D eigenvalue weighted by Gasteiger charge is -2.12. The number of Topliss-reactive ketones (excluding diaryl/α,β-unsaturated/α-hetero) is 1. The Morgan fingerprint density at radius 3 is 2.25 bits per heavy atom. The summed E-state index contributed by atoms with van der Waals surface area (Å²) in [4.78, 5) is 35.4. The molecule has 0 atom stereocenters. The Morgan fingerprint density at radius 2 is 1.64 bits per heavy atom. The molecule has 148 valence electrons. The number of alkyl halides is 3. The lowest BCUT2D eigenvalue weighted by molar-refractivity contribution is -0.137. The van der Waals surface area contributed by atoms with Crippen LogP contribution >= 0.6 is 11.8 Å². The lowest BCUT2D eigenvalue weighted by atomic mass is 10.1. The van der Waals surface area contributed by atoms with Crippen molar-refractivity contribution < 1.29 is 27.6 Å².